The highest BCUT2D eigenvalue weighted by molar-refractivity contribution is 5.85. The van der Waals surface area contributed by atoms with Crippen LogP contribution in [-0.2, 0) is 4.79 Å². The van der Waals surface area contributed by atoms with Gasteiger partial charge in [-0.3, -0.25) is 4.79 Å². The smallest absolute Gasteiger partial charge is 0.305 e. The molecule has 0 saturated heterocycles. The van der Waals surface area contributed by atoms with Crippen LogP contribution in [0.1, 0.15) is 29.2 Å². The third kappa shape index (κ3) is 4.06. The first kappa shape index (κ1) is 17.2. The maximum atomic E-state index is 10.8. The fourth-order valence-electron chi connectivity index (χ4n) is 2.50. The Hall–Kier alpha value is -1.84. The number of rotatable bonds is 4. The monoisotopic (exact) mass is 305 g/mol. The molecule has 0 spiro atoms. The largest absolute Gasteiger partial charge is 0.481 e. The molecule has 21 heavy (non-hydrogen) atoms. The quantitative estimate of drug-likeness (QED) is 0.901. The van der Waals surface area contributed by atoms with Gasteiger partial charge in [-0.2, -0.15) is 0 Å². The molecule has 112 valence electrons. The fourth-order valence-corrected chi connectivity index (χ4v) is 2.50. The molecular formula is C17H20ClNO2. The number of nitrogens with two attached hydrogens (primary N) is 1. The number of hydrogen-bond acceptors (Lipinski definition) is 2. The van der Waals surface area contributed by atoms with Crippen molar-refractivity contribution in [2.45, 2.75) is 26.3 Å². The van der Waals surface area contributed by atoms with Crippen LogP contribution in [0.4, 0.5) is 0 Å². The Balaban J connectivity index is 0.00000220. The van der Waals surface area contributed by atoms with E-state index in [9.17, 15) is 4.79 Å². The van der Waals surface area contributed by atoms with Crippen molar-refractivity contribution in [1.29, 1.82) is 0 Å². The molecule has 0 aliphatic carbocycles. The third-order valence-corrected chi connectivity index (χ3v) is 3.48. The maximum absolute atomic E-state index is 10.8. The first-order chi connectivity index (χ1) is 9.49. The zero-order valence-corrected chi connectivity index (χ0v) is 13.0. The highest BCUT2D eigenvalue weighted by atomic mass is 35.5. The summed E-state index contributed by atoms with van der Waals surface area (Å²) in [6.07, 6.45) is -0.0593. The third-order valence-electron chi connectivity index (χ3n) is 3.48. The molecule has 1 atom stereocenters. The van der Waals surface area contributed by atoms with Crippen LogP contribution in [0.15, 0.2) is 42.5 Å². The molecule has 2 aromatic rings. The minimum atomic E-state index is -0.880. The number of benzene rings is 2. The standard InChI is InChI=1S/C17H19NO2.ClH/c1-11-5-3-6-12(2)17(11)14-8-4-7-13(9-14)15(18)10-16(19)20;/h3-9,15H,10,18H2,1-2H3,(H,19,20);1H. The lowest BCUT2D eigenvalue weighted by Crippen LogP contribution is -2.14. The number of carbonyl (C=O) groups is 1. The molecular weight excluding hydrogens is 286 g/mol. The second kappa shape index (κ2) is 7.25. The summed E-state index contributed by atoms with van der Waals surface area (Å²) in [5, 5.41) is 8.84. The van der Waals surface area contributed by atoms with E-state index < -0.39 is 12.0 Å². The molecule has 0 radical (unpaired) electrons. The predicted octanol–water partition coefficient (Wildman–Crippen LogP) is 3.87. The average Bonchev–Trinajstić information content (AvgIpc) is 2.38. The number of aryl methyl sites for hydroxylation is 2. The molecule has 1 unspecified atom stereocenters. The highest BCUT2D eigenvalue weighted by Crippen LogP contribution is 2.29. The van der Waals surface area contributed by atoms with Gasteiger partial charge in [-0.1, -0.05) is 36.4 Å². The highest BCUT2D eigenvalue weighted by Gasteiger charge is 2.12. The van der Waals surface area contributed by atoms with Crippen molar-refractivity contribution >= 4 is 18.4 Å². The van der Waals surface area contributed by atoms with E-state index in [4.69, 9.17) is 10.8 Å². The molecule has 4 heteroatoms. The van der Waals surface area contributed by atoms with E-state index in [0.717, 1.165) is 11.1 Å². The molecule has 3 N–H and O–H groups in total. The molecule has 0 fully saturated rings. The van der Waals surface area contributed by atoms with Crippen LogP contribution in [0.3, 0.4) is 0 Å². The van der Waals surface area contributed by atoms with E-state index in [0.29, 0.717) is 0 Å². The lowest BCUT2D eigenvalue weighted by Gasteiger charge is -2.14. The summed E-state index contributed by atoms with van der Waals surface area (Å²) in [6, 6.07) is 13.5. The van der Waals surface area contributed by atoms with Crippen molar-refractivity contribution in [2.75, 3.05) is 0 Å². The van der Waals surface area contributed by atoms with E-state index in [1.807, 2.05) is 30.3 Å². The van der Waals surface area contributed by atoms with Crippen LogP contribution in [0.5, 0.6) is 0 Å². The van der Waals surface area contributed by atoms with Gasteiger partial charge in [0.15, 0.2) is 0 Å². The van der Waals surface area contributed by atoms with Gasteiger partial charge in [-0.25, -0.2) is 0 Å². The van der Waals surface area contributed by atoms with Gasteiger partial charge in [0.05, 0.1) is 6.42 Å². The molecule has 0 saturated carbocycles. The molecule has 0 aliphatic rings. The van der Waals surface area contributed by atoms with Gasteiger partial charge in [0, 0.05) is 6.04 Å². The van der Waals surface area contributed by atoms with Crippen molar-refractivity contribution in [3.05, 3.63) is 59.2 Å². The Kier molecular flexibility index (Phi) is 5.94. The minimum Gasteiger partial charge on any atom is -0.481 e. The van der Waals surface area contributed by atoms with Gasteiger partial charge in [0.2, 0.25) is 0 Å². The normalized spacial score (nSPS) is 11.6. The van der Waals surface area contributed by atoms with Crippen LogP contribution < -0.4 is 5.73 Å². The predicted molar refractivity (Wildman–Crippen MR) is 87.8 cm³/mol. The van der Waals surface area contributed by atoms with Crippen LogP contribution >= 0.6 is 12.4 Å². The lowest BCUT2D eigenvalue weighted by molar-refractivity contribution is -0.137. The molecule has 0 aromatic heterocycles. The minimum absolute atomic E-state index is 0. The average molecular weight is 306 g/mol. The number of halogens is 1. The van der Waals surface area contributed by atoms with Gasteiger partial charge in [-0.15, -0.1) is 12.4 Å². The van der Waals surface area contributed by atoms with Crippen LogP contribution in [0.2, 0.25) is 0 Å². The maximum Gasteiger partial charge on any atom is 0.305 e. The van der Waals surface area contributed by atoms with Crippen molar-refractivity contribution < 1.29 is 9.90 Å². The van der Waals surface area contributed by atoms with Crippen molar-refractivity contribution in [3.8, 4) is 11.1 Å². The number of hydrogen-bond donors (Lipinski definition) is 2. The van der Waals surface area contributed by atoms with Gasteiger partial charge in [0.1, 0.15) is 0 Å². The van der Waals surface area contributed by atoms with E-state index >= 15 is 0 Å². The van der Waals surface area contributed by atoms with Gasteiger partial charge < -0.3 is 10.8 Å². The summed E-state index contributed by atoms with van der Waals surface area (Å²) < 4.78 is 0. The molecule has 2 aromatic carbocycles. The lowest BCUT2D eigenvalue weighted by atomic mass is 9.93. The summed E-state index contributed by atoms with van der Waals surface area (Å²) in [5.74, 6) is -0.880. The van der Waals surface area contributed by atoms with Crippen molar-refractivity contribution in [2.24, 2.45) is 5.73 Å². The van der Waals surface area contributed by atoms with Gasteiger partial charge in [-0.05, 0) is 47.7 Å². The topological polar surface area (TPSA) is 63.3 Å². The number of carboxylic acids is 1. The fraction of sp³-hybridized carbons (Fsp3) is 0.235. The number of carboxylic acid groups (broad SMARTS) is 1. The first-order valence-electron chi connectivity index (χ1n) is 6.63. The second-order valence-corrected chi connectivity index (χ2v) is 5.10. The Morgan fingerprint density at radius 1 is 1.14 bits per heavy atom. The Labute approximate surface area is 131 Å². The van der Waals surface area contributed by atoms with Gasteiger partial charge in [0.25, 0.3) is 0 Å². The van der Waals surface area contributed by atoms with Crippen LogP contribution in [0.25, 0.3) is 11.1 Å². The van der Waals surface area contributed by atoms with E-state index in [-0.39, 0.29) is 18.8 Å². The van der Waals surface area contributed by atoms with Crippen molar-refractivity contribution in [3.63, 3.8) is 0 Å². The summed E-state index contributed by atoms with van der Waals surface area (Å²) >= 11 is 0. The molecule has 0 aliphatic heterocycles. The molecule has 2 rings (SSSR count). The zero-order valence-electron chi connectivity index (χ0n) is 12.2. The van der Waals surface area contributed by atoms with E-state index in [2.05, 4.69) is 26.0 Å². The Morgan fingerprint density at radius 3 is 2.29 bits per heavy atom. The van der Waals surface area contributed by atoms with E-state index in [1.165, 1.54) is 16.7 Å². The summed E-state index contributed by atoms with van der Waals surface area (Å²) in [7, 11) is 0. The van der Waals surface area contributed by atoms with Crippen LogP contribution in [0, 0.1) is 13.8 Å². The summed E-state index contributed by atoms with van der Waals surface area (Å²) in [5.41, 5.74) is 11.5. The zero-order chi connectivity index (χ0) is 14.7. The summed E-state index contributed by atoms with van der Waals surface area (Å²) in [6.45, 7) is 4.15. The second-order valence-electron chi connectivity index (χ2n) is 5.10. The Morgan fingerprint density at radius 2 is 1.71 bits per heavy atom. The number of aliphatic carboxylic acids is 1. The first-order valence-corrected chi connectivity index (χ1v) is 6.63. The summed E-state index contributed by atoms with van der Waals surface area (Å²) in [4.78, 5) is 10.8. The molecule has 0 bridgehead atoms. The Bertz CT molecular complexity index is 620. The molecule has 3 nitrogen and oxygen atoms in total. The molecule has 0 amide bonds. The van der Waals surface area contributed by atoms with Crippen molar-refractivity contribution in [1.82, 2.24) is 0 Å². The van der Waals surface area contributed by atoms with Gasteiger partial charge >= 0.3 is 5.97 Å². The molecule has 0 heterocycles. The van der Waals surface area contributed by atoms with E-state index in [1.54, 1.807) is 0 Å². The SMILES string of the molecule is Cc1cccc(C)c1-c1cccc(C(N)CC(=O)O)c1.Cl. The van der Waals surface area contributed by atoms with Crippen LogP contribution in [-0.4, -0.2) is 11.1 Å².